The van der Waals surface area contributed by atoms with Crippen molar-refractivity contribution >= 4 is 29.4 Å². The minimum Gasteiger partial charge on any atom is -0.391 e. The smallest absolute Gasteiger partial charge is 0.237 e. The predicted molar refractivity (Wildman–Crippen MR) is 117 cm³/mol. The van der Waals surface area contributed by atoms with Crippen LogP contribution in [0.1, 0.15) is 19.0 Å². The number of ether oxygens (including phenoxy) is 1. The molecule has 0 saturated carbocycles. The summed E-state index contributed by atoms with van der Waals surface area (Å²) in [6.07, 6.45) is 1.02. The van der Waals surface area contributed by atoms with Crippen molar-refractivity contribution in [2.24, 2.45) is 0 Å². The van der Waals surface area contributed by atoms with Crippen molar-refractivity contribution in [3.05, 3.63) is 24.3 Å². The summed E-state index contributed by atoms with van der Waals surface area (Å²) in [5.74, 6) is 0.383. The first-order chi connectivity index (χ1) is 14.8. The highest BCUT2D eigenvalue weighted by molar-refractivity contribution is 7.99. The second-order valence-corrected chi connectivity index (χ2v) is 10.0. The van der Waals surface area contributed by atoms with Crippen LogP contribution in [0.5, 0.6) is 0 Å². The van der Waals surface area contributed by atoms with Crippen LogP contribution in [-0.4, -0.2) is 102 Å². The fourth-order valence-electron chi connectivity index (χ4n) is 3.75. The number of aromatic nitrogens is 2. The number of carbonyl (C=O) groups is 1. The topological polar surface area (TPSA) is 157 Å². The van der Waals surface area contributed by atoms with Crippen LogP contribution in [0.25, 0.3) is 0 Å². The van der Waals surface area contributed by atoms with Crippen LogP contribution in [0.3, 0.4) is 0 Å². The molecular weight excluding hydrogens is 444 g/mol. The van der Waals surface area contributed by atoms with Gasteiger partial charge in [0.25, 0.3) is 0 Å². The number of aliphatic hydroxyl groups is 4. The van der Waals surface area contributed by atoms with Gasteiger partial charge in [-0.25, -0.2) is 0 Å². The molecule has 2 fully saturated rings. The summed E-state index contributed by atoms with van der Waals surface area (Å²) in [5.41, 5.74) is 0.0927. The largest absolute Gasteiger partial charge is 0.391 e. The van der Waals surface area contributed by atoms with Gasteiger partial charge in [0.15, 0.2) is 0 Å². The molecule has 1 aromatic rings. The van der Waals surface area contributed by atoms with Gasteiger partial charge in [0.1, 0.15) is 29.9 Å². The molecule has 1 amide bonds. The molecule has 3 rings (SSSR count). The fraction of sp³-hybridized carbons (Fsp3) is 0.737. The maximum absolute atomic E-state index is 12.9. The Hall–Kier alpha value is -0.990. The Bertz CT molecular complexity index is 716. The highest BCUT2D eigenvalue weighted by Gasteiger charge is 2.48. The minimum atomic E-state index is -1.45. The lowest BCUT2D eigenvalue weighted by atomic mass is 9.92. The third-order valence-electron chi connectivity index (χ3n) is 5.51. The number of rotatable bonds is 8. The van der Waals surface area contributed by atoms with Crippen molar-refractivity contribution in [2.45, 2.75) is 72.4 Å². The Morgan fingerprint density at radius 1 is 1.32 bits per heavy atom. The SMILES string of the molecule is CS[C@H]1O[C@H]([C@H](NC(=O)[C@@H]2C[C@H](SCc3cnccn3)CN2)[C@@H](C)O)[C@H](O)[C@H](O)[C@H]1O. The minimum absolute atomic E-state index is 0.220. The summed E-state index contributed by atoms with van der Waals surface area (Å²) in [7, 11) is 0. The van der Waals surface area contributed by atoms with Gasteiger partial charge in [0.2, 0.25) is 5.91 Å². The first-order valence-electron chi connectivity index (χ1n) is 10.1. The first-order valence-corrected chi connectivity index (χ1v) is 12.5. The summed E-state index contributed by atoms with van der Waals surface area (Å²) in [4.78, 5) is 21.2. The van der Waals surface area contributed by atoms with Gasteiger partial charge in [-0.05, 0) is 19.6 Å². The average molecular weight is 475 g/mol. The van der Waals surface area contributed by atoms with Gasteiger partial charge in [-0.3, -0.25) is 14.8 Å². The van der Waals surface area contributed by atoms with E-state index in [1.54, 1.807) is 36.6 Å². The quantitative estimate of drug-likeness (QED) is 0.260. The second kappa shape index (κ2) is 11.2. The number of thioether (sulfide) groups is 2. The maximum Gasteiger partial charge on any atom is 0.237 e. The van der Waals surface area contributed by atoms with Crippen LogP contribution in [0.2, 0.25) is 0 Å². The first kappa shape index (κ1) is 24.6. The van der Waals surface area contributed by atoms with Crippen LogP contribution in [0.4, 0.5) is 0 Å². The molecule has 31 heavy (non-hydrogen) atoms. The van der Waals surface area contributed by atoms with E-state index in [0.29, 0.717) is 18.7 Å². The van der Waals surface area contributed by atoms with Crippen LogP contribution < -0.4 is 10.6 Å². The molecule has 2 saturated heterocycles. The zero-order valence-electron chi connectivity index (χ0n) is 17.4. The van der Waals surface area contributed by atoms with Crippen molar-refractivity contribution in [2.75, 3.05) is 12.8 Å². The lowest BCUT2D eigenvalue weighted by Gasteiger charge is -2.44. The molecule has 0 aliphatic carbocycles. The van der Waals surface area contributed by atoms with Crippen LogP contribution >= 0.6 is 23.5 Å². The fourth-order valence-corrected chi connectivity index (χ4v) is 5.52. The normalized spacial score (nSPS) is 35.5. The van der Waals surface area contributed by atoms with Crippen LogP contribution in [-0.2, 0) is 15.3 Å². The number of hydrogen-bond donors (Lipinski definition) is 6. The number of carbonyl (C=O) groups excluding carboxylic acids is 1. The summed E-state index contributed by atoms with van der Waals surface area (Å²) >= 11 is 2.87. The molecule has 2 aliphatic heterocycles. The molecule has 0 bridgehead atoms. The molecule has 12 heteroatoms. The summed E-state index contributed by atoms with van der Waals surface area (Å²) in [5, 5.41) is 47.0. The zero-order valence-corrected chi connectivity index (χ0v) is 19.0. The molecule has 0 aromatic carbocycles. The number of nitrogens with zero attached hydrogens (tertiary/aromatic N) is 2. The van der Waals surface area contributed by atoms with E-state index in [4.69, 9.17) is 4.74 Å². The highest BCUT2D eigenvalue weighted by atomic mass is 32.2. The Morgan fingerprint density at radius 2 is 2.10 bits per heavy atom. The van der Waals surface area contributed by atoms with E-state index in [2.05, 4.69) is 20.6 Å². The number of aliphatic hydroxyl groups excluding tert-OH is 4. The van der Waals surface area contributed by atoms with Crippen LogP contribution in [0, 0.1) is 0 Å². The monoisotopic (exact) mass is 474 g/mol. The van der Waals surface area contributed by atoms with E-state index in [9.17, 15) is 25.2 Å². The molecule has 3 heterocycles. The van der Waals surface area contributed by atoms with Gasteiger partial charge in [-0.2, -0.15) is 11.8 Å². The summed E-state index contributed by atoms with van der Waals surface area (Å²) in [6.45, 7) is 2.14. The Labute approximate surface area is 189 Å². The second-order valence-electron chi connectivity index (χ2n) is 7.78. The summed E-state index contributed by atoms with van der Waals surface area (Å²) < 4.78 is 5.72. The van der Waals surface area contributed by atoms with E-state index < -0.39 is 48.0 Å². The molecule has 0 radical (unpaired) electrons. The highest BCUT2D eigenvalue weighted by Crippen LogP contribution is 2.30. The maximum atomic E-state index is 12.9. The van der Waals surface area contributed by atoms with E-state index in [0.717, 1.165) is 5.69 Å². The molecule has 2 aliphatic rings. The number of hydrogen-bond acceptors (Lipinski definition) is 11. The van der Waals surface area contributed by atoms with Crippen molar-refractivity contribution in [1.82, 2.24) is 20.6 Å². The summed E-state index contributed by atoms with van der Waals surface area (Å²) in [6, 6.07) is -1.40. The van der Waals surface area contributed by atoms with E-state index in [1.807, 2.05) is 0 Å². The van der Waals surface area contributed by atoms with Crippen molar-refractivity contribution < 1.29 is 30.0 Å². The lowest BCUT2D eigenvalue weighted by molar-refractivity contribution is -0.211. The molecule has 10 nitrogen and oxygen atoms in total. The van der Waals surface area contributed by atoms with Crippen LogP contribution in [0.15, 0.2) is 18.6 Å². The molecule has 174 valence electrons. The van der Waals surface area contributed by atoms with E-state index >= 15 is 0 Å². The van der Waals surface area contributed by atoms with Gasteiger partial charge in [0.05, 0.1) is 23.9 Å². The molecule has 0 unspecified atom stereocenters. The Kier molecular flexibility index (Phi) is 8.93. The van der Waals surface area contributed by atoms with Crippen molar-refractivity contribution in [3.8, 4) is 0 Å². The number of nitrogens with one attached hydrogen (secondary N) is 2. The van der Waals surface area contributed by atoms with Gasteiger partial charge >= 0.3 is 0 Å². The van der Waals surface area contributed by atoms with E-state index in [1.165, 1.54) is 18.7 Å². The van der Waals surface area contributed by atoms with Gasteiger partial charge in [0, 0.05) is 36.1 Å². The van der Waals surface area contributed by atoms with Crippen molar-refractivity contribution in [3.63, 3.8) is 0 Å². The van der Waals surface area contributed by atoms with Gasteiger partial charge in [-0.15, -0.1) is 11.8 Å². The molecular formula is C19H30N4O6S2. The van der Waals surface area contributed by atoms with Gasteiger partial charge < -0.3 is 35.8 Å². The van der Waals surface area contributed by atoms with Crippen molar-refractivity contribution in [1.29, 1.82) is 0 Å². The average Bonchev–Trinajstić information content (AvgIpc) is 3.25. The Morgan fingerprint density at radius 3 is 2.74 bits per heavy atom. The van der Waals surface area contributed by atoms with Gasteiger partial charge in [-0.1, -0.05) is 0 Å². The molecule has 9 atom stereocenters. The molecule has 1 aromatic heterocycles. The zero-order chi connectivity index (χ0) is 22.5. The predicted octanol–water partition coefficient (Wildman–Crippen LogP) is -1.52. The lowest BCUT2D eigenvalue weighted by Crippen LogP contribution is -2.65. The number of amides is 1. The third kappa shape index (κ3) is 6.08. The Balaban J connectivity index is 1.57. The molecule has 6 N–H and O–H groups in total. The standard InChI is InChI=1S/C19H30N4O6S2/c1-9(24)13(17-15(26)14(25)16(27)19(29-17)30-2)23-18(28)12-5-11(7-22-12)31-8-10-6-20-3-4-21-10/h3-4,6,9,11-17,19,22,24-27H,5,7-8H2,1-2H3,(H,23,28)/t9-,11+,12+,13-,14+,15-,16-,17-,19-/m1/s1. The molecule has 0 spiro atoms. The third-order valence-corrected chi connectivity index (χ3v) is 7.66. The van der Waals surface area contributed by atoms with E-state index in [-0.39, 0.29) is 11.2 Å².